The molecule has 1 amide bonds. The highest BCUT2D eigenvalue weighted by Crippen LogP contribution is 2.37. The van der Waals surface area contributed by atoms with Crippen molar-refractivity contribution in [2.75, 3.05) is 30.5 Å². The number of nitrogens with zero attached hydrogens (tertiary/aromatic N) is 5. The molecular formula is C29H26FN7O3. The van der Waals surface area contributed by atoms with Gasteiger partial charge in [-0.2, -0.15) is 5.26 Å². The molecule has 0 aliphatic carbocycles. The van der Waals surface area contributed by atoms with Crippen molar-refractivity contribution in [2.45, 2.75) is 18.5 Å². The first-order chi connectivity index (χ1) is 19.4. The monoisotopic (exact) mass is 539 g/mol. The van der Waals surface area contributed by atoms with Crippen LogP contribution in [0.25, 0.3) is 22.5 Å². The van der Waals surface area contributed by atoms with Crippen LogP contribution in [0.4, 0.5) is 15.8 Å². The Morgan fingerprint density at radius 3 is 2.90 bits per heavy atom. The van der Waals surface area contributed by atoms with Gasteiger partial charge in [-0.1, -0.05) is 12.1 Å². The molecule has 0 saturated carbocycles. The zero-order valence-corrected chi connectivity index (χ0v) is 21.6. The van der Waals surface area contributed by atoms with Crippen LogP contribution in [0.1, 0.15) is 22.5 Å². The van der Waals surface area contributed by atoms with Crippen LogP contribution < -0.4 is 20.7 Å². The number of carbonyl (C=O) groups excluding carboxylic acids is 1. The lowest BCUT2D eigenvalue weighted by atomic mass is 10.0. The number of nitrogens with one attached hydrogen (secondary N) is 1. The number of nitriles is 1. The average molecular weight is 540 g/mol. The minimum Gasteiger partial charge on any atom is -0.496 e. The van der Waals surface area contributed by atoms with E-state index in [1.54, 1.807) is 36.7 Å². The van der Waals surface area contributed by atoms with E-state index in [4.69, 9.17) is 10.5 Å². The number of pyridine rings is 1. The highest BCUT2D eigenvalue weighted by Gasteiger charge is 2.32. The molecule has 2 unspecified atom stereocenters. The van der Waals surface area contributed by atoms with Gasteiger partial charge in [0.1, 0.15) is 17.3 Å². The van der Waals surface area contributed by atoms with Gasteiger partial charge < -0.3 is 25.8 Å². The third-order valence-electron chi connectivity index (χ3n) is 6.77. The molecule has 202 valence electrons. The SMILES string of the molecule is COc1cccc(F)c1-c1nccc(C(=O)Nc2ccc(-c3cnccc3C#N)cc2N2CC(N)CC2CO)n1. The molecule has 5 rings (SSSR count). The number of aromatic nitrogens is 3. The van der Waals surface area contributed by atoms with E-state index in [0.717, 1.165) is 0 Å². The van der Waals surface area contributed by atoms with Gasteiger partial charge in [-0.25, -0.2) is 14.4 Å². The molecule has 2 aromatic carbocycles. The minimum atomic E-state index is -0.581. The highest BCUT2D eigenvalue weighted by atomic mass is 19.1. The van der Waals surface area contributed by atoms with Crippen molar-refractivity contribution in [1.29, 1.82) is 5.26 Å². The number of nitrogens with two attached hydrogens (primary N) is 1. The number of aliphatic hydroxyl groups excluding tert-OH is 1. The van der Waals surface area contributed by atoms with Crippen LogP contribution in [-0.4, -0.2) is 58.3 Å². The van der Waals surface area contributed by atoms with Gasteiger partial charge in [-0.15, -0.1) is 0 Å². The van der Waals surface area contributed by atoms with E-state index in [9.17, 15) is 19.6 Å². The molecule has 40 heavy (non-hydrogen) atoms. The van der Waals surface area contributed by atoms with Gasteiger partial charge in [0, 0.05) is 36.7 Å². The number of carbonyl (C=O) groups is 1. The second-order valence-corrected chi connectivity index (χ2v) is 9.29. The Kier molecular flexibility index (Phi) is 7.63. The van der Waals surface area contributed by atoms with E-state index in [0.29, 0.717) is 41.0 Å². The Hall–Kier alpha value is -4.92. The van der Waals surface area contributed by atoms with Crippen molar-refractivity contribution in [2.24, 2.45) is 5.73 Å². The maximum absolute atomic E-state index is 14.6. The Morgan fingerprint density at radius 1 is 1.27 bits per heavy atom. The lowest BCUT2D eigenvalue weighted by molar-refractivity contribution is 0.102. The minimum absolute atomic E-state index is 0.00430. The molecule has 2 atom stereocenters. The number of amides is 1. The normalized spacial score (nSPS) is 16.4. The zero-order valence-electron chi connectivity index (χ0n) is 21.6. The molecule has 4 N–H and O–H groups in total. The lowest BCUT2D eigenvalue weighted by Crippen LogP contribution is -2.33. The van der Waals surface area contributed by atoms with Gasteiger partial charge in [-0.3, -0.25) is 9.78 Å². The fourth-order valence-electron chi connectivity index (χ4n) is 4.87. The van der Waals surface area contributed by atoms with Crippen LogP contribution in [0.2, 0.25) is 0 Å². The molecular weight excluding hydrogens is 513 g/mol. The van der Waals surface area contributed by atoms with Gasteiger partial charge in [0.05, 0.1) is 48.3 Å². The molecule has 0 bridgehead atoms. The van der Waals surface area contributed by atoms with E-state index >= 15 is 0 Å². The summed E-state index contributed by atoms with van der Waals surface area (Å²) in [5.74, 6) is -0.883. The van der Waals surface area contributed by atoms with Crippen molar-refractivity contribution in [3.05, 3.63) is 84.2 Å². The molecule has 1 aliphatic heterocycles. The van der Waals surface area contributed by atoms with E-state index in [-0.39, 0.29) is 41.5 Å². The second kappa shape index (κ2) is 11.4. The van der Waals surface area contributed by atoms with E-state index in [2.05, 4.69) is 26.3 Å². The predicted molar refractivity (Wildman–Crippen MR) is 147 cm³/mol. The van der Waals surface area contributed by atoms with Crippen LogP contribution in [0.3, 0.4) is 0 Å². The standard InChI is InChI=1S/C29H26FN7O3/c1-40-26-4-2-3-22(30)27(26)28-34-10-8-24(35-28)29(39)36-23-6-5-17(21-14-33-9-7-18(21)13-31)11-25(23)37-15-19(32)12-20(37)16-38/h2-11,14,19-20,38H,12,15-16,32H2,1H3,(H,36,39). The number of methoxy groups -OCH3 is 1. The number of benzene rings is 2. The quantitative estimate of drug-likeness (QED) is 0.321. The van der Waals surface area contributed by atoms with Crippen LogP contribution in [0.5, 0.6) is 5.75 Å². The summed E-state index contributed by atoms with van der Waals surface area (Å²) in [5.41, 5.74) is 9.15. The van der Waals surface area contributed by atoms with Crippen molar-refractivity contribution in [3.63, 3.8) is 0 Å². The molecule has 1 saturated heterocycles. The van der Waals surface area contributed by atoms with Crippen molar-refractivity contribution in [3.8, 4) is 34.3 Å². The predicted octanol–water partition coefficient (Wildman–Crippen LogP) is 3.38. The molecule has 3 heterocycles. The van der Waals surface area contributed by atoms with Gasteiger partial charge in [-0.05, 0) is 48.4 Å². The summed E-state index contributed by atoms with van der Waals surface area (Å²) >= 11 is 0. The topological polar surface area (TPSA) is 150 Å². The third-order valence-corrected chi connectivity index (χ3v) is 6.77. The van der Waals surface area contributed by atoms with Gasteiger partial charge >= 0.3 is 0 Å². The summed E-state index contributed by atoms with van der Waals surface area (Å²) in [6.07, 6.45) is 5.10. The number of rotatable bonds is 7. The summed E-state index contributed by atoms with van der Waals surface area (Å²) in [5, 5.41) is 22.5. The average Bonchev–Trinajstić information content (AvgIpc) is 3.37. The third kappa shape index (κ3) is 5.18. The van der Waals surface area contributed by atoms with E-state index in [1.165, 1.54) is 31.5 Å². The molecule has 0 radical (unpaired) electrons. The molecule has 2 aromatic heterocycles. The fraction of sp³-hybridized carbons (Fsp3) is 0.207. The van der Waals surface area contributed by atoms with Crippen molar-refractivity contribution < 1.29 is 19.0 Å². The Labute approximate surface area is 229 Å². The molecule has 4 aromatic rings. The first-order valence-corrected chi connectivity index (χ1v) is 12.5. The summed E-state index contributed by atoms with van der Waals surface area (Å²) in [6.45, 7) is 0.335. The van der Waals surface area contributed by atoms with E-state index in [1.807, 2.05) is 11.0 Å². The number of aliphatic hydroxyl groups is 1. The molecule has 1 fully saturated rings. The number of anilines is 2. The first kappa shape index (κ1) is 26.7. The van der Waals surface area contributed by atoms with Gasteiger partial charge in [0.15, 0.2) is 5.82 Å². The van der Waals surface area contributed by atoms with Crippen LogP contribution in [-0.2, 0) is 0 Å². The smallest absolute Gasteiger partial charge is 0.274 e. The van der Waals surface area contributed by atoms with Gasteiger partial charge in [0.25, 0.3) is 5.91 Å². The largest absolute Gasteiger partial charge is 0.496 e. The Morgan fingerprint density at radius 2 is 2.12 bits per heavy atom. The van der Waals surface area contributed by atoms with Crippen LogP contribution in [0.15, 0.2) is 67.1 Å². The molecule has 10 nitrogen and oxygen atoms in total. The Balaban J connectivity index is 1.53. The summed E-state index contributed by atoms with van der Waals surface area (Å²) in [6, 6.07) is 14.5. The molecule has 11 heteroatoms. The maximum atomic E-state index is 14.6. The Bertz CT molecular complexity index is 1610. The van der Waals surface area contributed by atoms with Crippen LogP contribution >= 0.6 is 0 Å². The number of halogens is 1. The summed E-state index contributed by atoms with van der Waals surface area (Å²) in [4.78, 5) is 28.0. The first-order valence-electron chi connectivity index (χ1n) is 12.5. The van der Waals surface area contributed by atoms with Crippen LogP contribution in [0, 0.1) is 17.1 Å². The van der Waals surface area contributed by atoms with Gasteiger partial charge in [0.2, 0.25) is 0 Å². The number of hydrogen-bond acceptors (Lipinski definition) is 9. The fourth-order valence-corrected chi connectivity index (χ4v) is 4.87. The second-order valence-electron chi connectivity index (χ2n) is 9.29. The number of hydrogen-bond donors (Lipinski definition) is 3. The lowest BCUT2D eigenvalue weighted by Gasteiger charge is -2.28. The number of ether oxygens (including phenoxy) is 1. The zero-order chi connectivity index (χ0) is 28.2. The maximum Gasteiger partial charge on any atom is 0.274 e. The summed E-state index contributed by atoms with van der Waals surface area (Å²) in [7, 11) is 1.41. The van der Waals surface area contributed by atoms with E-state index < -0.39 is 11.7 Å². The molecule has 1 aliphatic rings. The molecule has 0 spiro atoms. The summed E-state index contributed by atoms with van der Waals surface area (Å²) < 4.78 is 19.9. The highest BCUT2D eigenvalue weighted by molar-refractivity contribution is 6.05. The van der Waals surface area contributed by atoms with Crippen molar-refractivity contribution >= 4 is 17.3 Å². The van der Waals surface area contributed by atoms with Crippen molar-refractivity contribution in [1.82, 2.24) is 15.0 Å².